The van der Waals surface area contributed by atoms with Crippen molar-refractivity contribution in [1.29, 1.82) is 0 Å². The van der Waals surface area contributed by atoms with Crippen LogP contribution in [0.5, 0.6) is 5.75 Å². The second-order valence-corrected chi connectivity index (χ2v) is 6.71. The van der Waals surface area contributed by atoms with Gasteiger partial charge in [0.2, 0.25) is 5.91 Å². The number of rotatable bonds is 3. The predicted molar refractivity (Wildman–Crippen MR) is 87.7 cm³/mol. The van der Waals surface area contributed by atoms with Crippen LogP contribution in [0.15, 0.2) is 18.2 Å². The molecule has 2 aliphatic rings. The van der Waals surface area contributed by atoms with Crippen LogP contribution in [0.3, 0.4) is 0 Å². The molecule has 6 heteroatoms. The quantitative estimate of drug-likeness (QED) is 0.917. The summed E-state index contributed by atoms with van der Waals surface area (Å²) in [6.07, 6.45) is 3.93. The number of carbonyl (C=O) groups is 1. The molecule has 4 nitrogen and oxygen atoms in total. The van der Waals surface area contributed by atoms with Crippen LogP contribution in [0.2, 0.25) is 10.0 Å². The van der Waals surface area contributed by atoms with Crippen molar-refractivity contribution in [3.63, 3.8) is 0 Å². The molecule has 2 unspecified atom stereocenters. The van der Waals surface area contributed by atoms with Gasteiger partial charge in [-0.05, 0) is 44.4 Å². The minimum Gasteiger partial charge on any atom is -0.489 e. The first-order valence-corrected chi connectivity index (χ1v) is 8.53. The molecule has 2 heterocycles. The maximum atomic E-state index is 12.5. The first-order chi connectivity index (χ1) is 10.6. The molecule has 2 aliphatic heterocycles. The molecule has 2 saturated heterocycles. The van der Waals surface area contributed by atoms with Gasteiger partial charge in [-0.15, -0.1) is 0 Å². The number of hydrogen-bond acceptors (Lipinski definition) is 3. The number of hydrogen-bond donors (Lipinski definition) is 1. The van der Waals surface area contributed by atoms with Crippen LogP contribution in [0.25, 0.3) is 0 Å². The third-order valence-corrected chi connectivity index (χ3v) is 4.98. The lowest BCUT2D eigenvalue weighted by molar-refractivity contribution is -0.135. The highest BCUT2D eigenvalue weighted by molar-refractivity contribution is 6.42. The van der Waals surface area contributed by atoms with Crippen molar-refractivity contribution < 1.29 is 9.53 Å². The minimum atomic E-state index is -0.0104. The van der Waals surface area contributed by atoms with Crippen molar-refractivity contribution in [2.45, 2.75) is 37.8 Å². The molecule has 1 aromatic carbocycles. The van der Waals surface area contributed by atoms with Gasteiger partial charge in [-0.2, -0.15) is 0 Å². The molecule has 22 heavy (non-hydrogen) atoms. The molecule has 1 aromatic rings. The van der Waals surface area contributed by atoms with Gasteiger partial charge in [0.1, 0.15) is 11.9 Å². The van der Waals surface area contributed by atoms with Crippen molar-refractivity contribution in [3.8, 4) is 5.75 Å². The molecular weight excluding hydrogens is 323 g/mol. The summed E-state index contributed by atoms with van der Waals surface area (Å²) in [6.45, 7) is 2.39. The molecule has 1 amide bonds. The minimum absolute atomic E-state index is 0.0104. The lowest BCUT2D eigenvalue weighted by Crippen LogP contribution is -2.50. The molecule has 3 rings (SSSR count). The van der Waals surface area contributed by atoms with E-state index < -0.39 is 0 Å². The summed E-state index contributed by atoms with van der Waals surface area (Å²) in [6, 6.07) is 5.26. The molecule has 0 spiro atoms. The van der Waals surface area contributed by atoms with E-state index in [1.165, 1.54) is 0 Å². The van der Waals surface area contributed by atoms with E-state index in [1.807, 2.05) is 11.0 Å². The second-order valence-electron chi connectivity index (χ2n) is 5.89. The summed E-state index contributed by atoms with van der Waals surface area (Å²) in [5.41, 5.74) is 0. The number of nitrogens with one attached hydrogen (secondary N) is 1. The van der Waals surface area contributed by atoms with E-state index in [4.69, 9.17) is 27.9 Å². The summed E-state index contributed by atoms with van der Waals surface area (Å²) in [5.74, 6) is 0.910. The lowest BCUT2D eigenvalue weighted by Gasteiger charge is -2.34. The van der Waals surface area contributed by atoms with Crippen molar-refractivity contribution in [1.82, 2.24) is 10.2 Å². The number of likely N-dealkylation sites (tertiary alicyclic amines) is 1. The average molecular weight is 343 g/mol. The van der Waals surface area contributed by atoms with Crippen LogP contribution in [0.4, 0.5) is 0 Å². The maximum Gasteiger partial charge on any atom is 0.239 e. The Hall–Kier alpha value is -0.970. The third kappa shape index (κ3) is 3.67. The maximum absolute atomic E-state index is 12.5. The Labute approximate surface area is 140 Å². The molecule has 0 radical (unpaired) electrons. The highest BCUT2D eigenvalue weighted by Gasteiger charge is 2.31. The second kappa shape index (κ2) is 7.07. The topological polar surface area (TPSA) is 41.6 Å². The van der Waals surface area contributed by atoms with Gasteiger partial charge in [0.25, 0.3) is 0 Å². The largest absolute Gasteiger partial charge is 0.489 e. The molecule has 0 saturated carbocycles. The first kappa shape index (κ1) is 15.9. The predicted octanol–water partition coefficient (Wildman–Crippen LogP) is 3.12. The SMILES string of the molecule is O=C(C1CCCN1)N1CCCC(Oc2ccc(Cl)c(Cl)c2)C1. The zero-order chi connectivity index (χ0) is 15.5. The van der Waals surface area contributed by atoms with Crippen LogP contribution in [0.1, 0.15) is 25.7 Å². The Morgan fingerprint density at radius 2 is 2.09 bits per heavy atom. The summed E-state index contributed by atoms with van der Waals surface area (Å²) in [7, 11) is 0. The van der Waals surface area contributed by atoms with Gasteiger partial charge < -0.3 is 15.0 Å². The summed E-state index contributed by atoms with van der Waals surface area (Å²) in [4.78, 5) is 14.4. The van der Waals surface area contributed by atoms with Gasteiger partial charge in [0.15, 0.2) is 0 Å². The molecule has 0 bridgehead atoms. The van der Waals surface area contributed by atoms with E-state index in [0.717, 1.165) is 38.8 Å². The fourth-order valence-electron chi connectivity index (χ4n) is 3.09. The van der Waals surface area contributed by atoms with Crippen LogP contribution >= 0.6 is 23.2 Å². The van der Waals surface area contributed by atoms with E-state index in [9.17, 15) is 4.79 Å². The van der Waals surface area contributed by atoms with Crippen LogP contribution in [-0.4, -0.2) is 42.6 Å². The zero-order valence-electron chi connectivity index (χ0n) is 12.4. The summed E-state index contributed by atoms with van der Waals surface area (Å²) >= 11 is 11.9. The van der Waals surface area contributed by atoms with Gasteiger partial charge in [-0.1, -0.05) is 23.2 Å². The number of carbonyl (C=O) groups excluding carboxylic acids is 1. The fraction of sp³-hybridized carbons (Fsp3) is 0.562. The number of ether oxygens (including phenoxy) is 1. The van der Waals surface area contributed by atoms with E-state index in [0.29, 0.717) is 22.3 Å². The summed E-state index contributed by atoms with van der Waals surface area (Å²) in [5, 5.41) is 4.27. The highest BCUT2D eigenvalue weighted by Crippen LogP contribution is 2.28. The van der Waals surface area contributed by atoms with Crippen molar-refractivity contribution in [2.75, 3.05) is 19.6 Å². The summed E-state index contributed by atoms with van der Waals surface area (Å²) < 4.78 is 5.98. The molecule has 1 N–H and O–H groups in total. The molecule has 0 aliphatic carbocycles. The van der Waals surface area contributed by atoms with E-state index in [2.05, 4.69) is 5.32 Å². The molecular formula is C16H20Cl2N2O2. The molecule has 120 valence electrons. The van der Waals surface area contributed by atoms with Gasteiger partial charge in [-0.3, -0.25) is 4.79 Å². The Kier molecular flexibility index (Phi) is 5.11. The molecule has 2 fully saturated rings. The normalized spacial score (nSPS) is 25.3. The average Bonchev–Trinajstić information content (AvgIpc) is 3.05. The smallest absolute Gasteiger partial charge is 0.239 e. The van der Waals surface area contributed by atoms with Crippen molar-refractivity contribution >= 4 is 29.1 Å². The highest BCUT2D eigenvalue weighted by atomic mass is 35.5. The molecule has 0 aromatic heterocycles. The molecule has 2 atom stereocenters. The van der Waals surface area contributed by atoms with E-state index in [1.54, 1.807) is 12.1 Å². The monoisotopic (exact) mass is 342 g/mol. The van der Waals surface area contributed by atoms with E-state index >= 15 is 0 Å². The standard InChI is InChI=1S/C16H20Cl2N2O2/c17-13-6-5-11(9-14(13)18)22-12-3-2-8-20(10-12)16(21)15-4-1-7-19-15/h5-6,9,12,15,19H,1-4,7-8,10H2. The van der Waals surface area contributed by atoms with Gasteiger partial charge in [-0.25, -0.2) is 0 Å². The number of halogens is 2. The number of amides is 1. The Morgan fingerprint density at radius 3 is 2.82 bits per heavy atom. The third-order valence-electron chi connectivity index (χ3n) is 4.24. The van der Waals surface area contributed by atoms with Gasteiger partial charge in [0.05, 0.1) is 22.6 Å². The lowest BCUT2D eigenvalue weighted by atomic mass is 10.1. The Balaban J connectivity index is 1.60. The number of benzene rings is 1. The zero-order valence-corrected chi connectivity index (χ0v) is 13.9. The Bertz CT molecular complexity index is 547. The van der Waals surface area contributed by atoms with E-state index in [-0.39, 0.29) is 18.1 Å². The van der Waals surface area contributed by atoms with Gasteiger partial charge >= 0.3 is 0 Å². The van der Waals surface area contributed by atoms with Crippen LogP contribution in [0, 0.1) is 0 Å². The van der Waals surface area contributed by atoms with Crippen molar-refractivity contribution in [3.05, 3.63) is 28.2 Å². The fourth-order valence-corrected chi connectivity index (χ4v) is 3.38. The number of piperidine rings is 1. The van der Waals surface area contributed by atoms with Crippen LogP contribution in [-0.2, 0) is 4.79 Å². The first-order valence-electron chi connectivity index (χ1n) is 7.77. The van der Waals surface area contributed by atoms with Crippen molar-refractivity contribution in [2.24, 2.45) is 0 Å². The Morgan fingerprint density at radius 1 is 1.23 bits per heavy atom. The number of nitrogens with zero attached hydrogens (tertiary/aromatic N) is 1. The van der Waals surface area contributed by atoms with Gasteiger partial charge in [0, 0.05) is 12.6 Å². The van der Waals surface area contributed by atoms with Crippen LogP contribution < -0.4 is 10.1 Å².